The van der Waals surface area contributed by atoms with Crippen molar-refractivity contribution in [3.8, 4) is 0 Å². The van der Waals surface area contributed by atoms with Gasteiger partial charge < -0.3 is 10.1 Å². The standard InChI is InChI=1S/C16H26ClNO/c1-13(2)8-9-14(12-18-10-11-19-3)15-6-4-5-7-16(15)17/h4-7,13-14,18H,8-12H2,1-3H3. The molecule has 0 aliphatic heterocycles. The summed E-state index contributed by atoms with van der Waals surface area (Å²) in [5, 5.41) is 4.33. The van der Waals surface area contributed by atoms with Gasteiger partial charge in [0.1, 0.15) is 0 Å². The second kappa shape index (κ2) is 9.35. The average molecular weight is 284 g/mol. The maximum absolute atomic E-state index is 6.32. The van der Waals surface area contributed by atoms with E-state index in [9.17, 15) is 0 Å². The van der Waals surface area contributed by atoms with E-state index in [0.717, 1.165) is 30.6 Å². The summed E-state index contributed by atoms with van der Waals surface area (Å²) in [5.74, 6) is 1.21. The molecule has 0 aliphatic rings. The van der Waals surface area contributed by atoms with Crippen molar-refractivity contribution in [2.24, 2.45) is 5.92 Å². The van der Waals surface area contributed by atoms with Gasteiger partial charge in [0, 0.05) is 25.2 Å². The lowest BCUT2D eigenvalue weighted by Gasteiger charge is -2.20. The first kappa shape index (κ1) is 16.5. The molecule has 2 nitrogen and oxygen atoms in total. The molecule has 0 aromatic heterocycles. The first-order valence-electron chi connectivity index (χ1n) is 7.09. The van der Waals surface area contributed by atoms with Gasteiger partial charge in [0.05, 0.1) is 6.61 Å². The lowest BCUT2D eigenvalue weighted by Crippen LogP contribution is -2.25. The zero-order valence-electron chi connectivity index (χ0n) is 12.3. The fraction of sp³-hybridized carbons (Fsp3) is 0.625. The predicted octanol–water partition coefficient (Wildman–Crippen LogP) is 4.10. The number of ether oxygens (including phenoxy) is 1. The van der Waals surface area contributed by atoms with Gasteiger partial charge in [0.15, 0.2) is 0 Å². The molecule has 0 radical (unpaired) electrons. The fourth-order valence-electron chi connectivity index (χ4n) is 2.16. The SMILES string of the molecule is COCCNCC(CCC(C)C)c1ccccc1Cl. The van der Waals surface area contributed by atoms with E-state index in [1.807, 2.05) is 12.1 Å². The number of halogens is 1. The number of methoxy groups -OCH3 is 1. The summed E-state index contributed by atoms with van der Waals surface area (Å²) >= 11 is 6.32. The highest BCUT2D eigenvalue weighted by molar-refractivity contribution is 6.31. The first-order chi connectivity index (χ1) is 9.15. The van der Waals surface area contributed by atoms with E-state index in [4.69, 9.17) is 16.3 Å². The Morgan fingerprint density at radius 1 is 1.21 bits per heavy atom. The molecule has 1 aromatic rings. The van der Waals surface area contributed by atoms with E-state index in [0.29, 0.717) is 5.92 Å². The monoisotopic (exact) mass is 283 g/mol. The largest absolute Gasteiger partial charge is 0.383 e. The van der Waals surface area contributed by atoms with E-state index in [1.165, 1.54) is 18.4 Å². The molecular formula is C16H26ClNO. The van der Waals surface area contributed by atoms with Crippen molar-refractivity contribution in [3.63, 3.8) is 0 Å². The van der Waals surface area contributed by atoms with Crippen LogP contribution in [0.25, 0.3) is 0 Å². The van der Waals surface area contributed by atoms with E-state index < -0.39 is 0 Å². The van der Waals surface area contributed by atoms with Crippen LogP contribution in [-0.4, -0.2) is 26.8 Å². The minimum Gasteiger partial charge on any atom is -0.383 e. The van der Waals surface area contributed by atoms with Crippen LogP contribution in [0.5, 0.6) is 0 Å². The second-order valence-corrected chi connectivity index (χ2v) is 5.79. The van der Waals surface area contributed by atoms with Gasteiger partial charge in [-0.05, 0) is 29.9 Å². The number of hydrogen-bond acceptors (Lipinski definition) is 2. The summed E-state index contributed by atoms with van der Waals surface area (Å²) in [6.45, 7) is 7.13. The maximum Gasteiger partial charge on any atom is 0.0587 e. The Kier molecular flexibility index (Phi) is 8.11. The molecule has 0 aliphatic carbocycles. The molecule has 0 amide bonds. The second-order valence-electron chi connectivity index (χ2n) is 5.39. The van der Waals surface area contributed by atoms with Gasteiger partial charge in [0.2, 0.25) is 0 Å². The summed E-state index contributed by atoms with van der Waals surface area (Å²) in [7, 11) is 1.73. The van der Waals surface area contributed by atoms with Gasteiger partial charge in [-0.25, -0.2) is 0 Å². The Morgan fingerprint density at radius 3 is 2.58 bits per heavy atom. The Morgan fingerprint density at radius 2 is 1.95 bits per heavy atom. The highest BCUT2D eigenvalue weighted by Gasteiger charge is 2.14. The van der Waals surface area contributed by atoms with Gasteiger partial charge in [-0.15, -0.1) is 0 Å². The molecule has 0 heterocycles. The number of benzene rings is 1. The van der Waals surface area contributed by atoms with Gasteiger partial charge in [-0.1, -0.05) is 50.1 Å². The molecule has 0 saturated carbocycles. The molecule has 1 unspecified atom stereocenters. The Bertz CT molecular complexity index is 354. The minimum absolute atomic E-state index is 0.480. The van der Waals surface area contributed by atoms with E-state index >= 15 is 0 Å². The van der Waals surface area contributed by atoms with Crippen LogP contribution in [0.2, 0.25) is 5.02 Å². The highest BCUT2D eigenvalue weighted by atomic mass is 35.5. The molecule has 1 rings (SSSR count). The lowest BCUT2D eigenvalue weighted by molar-refractivity contribution is 0.198. The van der Waals surface area contributed by atoms with E-state index in [-0.39, 0.29) is 0 Å². The van der Waals surface area contributed by atoms with Gasteiger partial charge >= 0.3 is 0 Å². The third kappa shape index (κ3) is 6.42. The number of hydrogen-bond donors (Lipinski definition) is 1. The summed E-state index contributed by atoms with van der Waals surface area (Å²) in [6, 6.07) is 8.18. The molecule has 0 bridgehead atoms. The molecule has 0 spiro atoms. The van der Waals surface area contributed by atoms with Crippen LogP contribution >= 0.6 is 11.6 Å². The zero-order valence-corrected chi connectivity index (χ0v) is 13.0. The molecule has 1 N–H and O–H groups in total. The molecule has 1 aromatic carbocycles. The van der Waals surface area contributed by atoms with Crippen molar-refractivity contribution < 1.29 is 4.74 Å². The minimum atomic E-state index is 0.480. The van der Waals surface area contributed by atoms with Gasteiger partial charge in [-0.3, -0.25) is 0 Å². The third-order valence-electron chi connectivity index (χ3n) is 3.31. The van der Waals surface area contributed by atoms with E-state index in [1.54, 1.807) is 7.11 Å². The van der Waals surface area contributed by atoms with Crippen molar-refractivity contribution in [3.05, 3.63) is 34.9 Å². The van der Waals surface area contributed by atoms with Crippen molar-refractivity contribution in [1.82, 2.24) is 5.32 Å². The van der Waals surface area contributed by atoms with Crippen LogP contribution in [0, 0.1) is 5.92 Å². The summed E-state index contributed by atoms with van der Waals surface area (Å²) in [4.78, 5) is 0. The fourth-order valence-corrected chi connectivity index (χ4v) is 2.45. The molecule has 0 fully saturated rings. The zero-order chi connectivity index (χ0) is 14.1. The molecular weight excluding hydrogens is 258 g/mol. The Balaban J connectivity index is 2.60. The van der Waals surface area contributed by atoms with Crippen LogP contribution in [0.15, 0.2) is 24.3 Å². The lowest BCUT2D eigenvalue weighted by atomic mass is 9.91. The summed E-state index contributed by atoms with van der Waals surface area (Å²) in [6.07, 6.45) is 2.39. The van der Waals surface area contributed by atoms with Gasteiger partial charge in [-0.2, -0.15) is 0 Å². The van der Waals surface area contributed by atoms with E-state index in [2.05, 4.69) is 31.3 Å². The Hall–Kier alpha value is -0.570. The van der Waals surface area contributed by atoms with Crippen LogP contribution < -0.4 is 5.32 Å². The van der Waals surface area contributed by atoms with Crippen LogP contribution in [0.1, 0.15) is 38.2 Å². The predicted molar refractivity (Wildman–Crippen MR) is 83.0 cm³/mol. The maximum atomic E-state index is 6.32. The third-order valence-corrected chi connectivity index (χ3v) is 3.66. The molecule has 1 atom stereocenters. The molecule has 19 heavy (non-hydrogen) atoms. The highest BCUT2D eigenvalue weighted by Crippen LogP contribution is 2.28. The van der Waals surface area contributed by atoms with Crippen molar-refractivity contribution in [2.45, 2.75) is 32.6 Å². The molecule has 3 heteroatoms. The van der Waals surface area contributed by atoms with Crippen molar-refractivity contribution in [2.75, 3.05) is 26.8 Å². The smallest absolute Gasteiger partial charge is 0.0587 e. The first-order valence-corrected chi connectivity index (χ1v) is 7.47. The quantitative estimate of drug-likeness (QED) is 0.689. The number of nitrogens with one attached hydrogen (secondary N) is 1. The summed E-state index contributed by atoms with van der Waals surface area (Å²) < 4.78 is 5.06. The summed E-state index contributed by atoms with van der Waals surface area (Å²) in [5.41, 5.74) is 1.26. The van der Waals surface area contributed by atoms with Crippen LogP contribution in [0.4, 0.5) is 0 Å². The molecule has 108 valence electrons. The van der Waals surface area contributed by atoms with Gasteiger partial charge in [0.25, 0.3) is 0 Å². The topological polar surface area (TPSA) is 21.3 Å². The van der Waals surface area contributed by atoms with Crippen molar-refractivity contribution in [1.29, 1.82) is 0 Å². The van der Waals surface area contributed by atoms with Crippen LogP contribution in [0.3, 0.4) is 0 Å². The normalized spacial score (nSPS) is 12.9. The number of rotatable bonds is 9. The van der Waals surface area contributed by atoms with Crippen LogP contribution in [-0.2, 0) is 4.74 Å². The van der Waals surface area contributed by atoms with Crippen molar-refractivity contribution >= 4 is 11.6 Å². The Labute approximate surface area is 122 Å². The molecule has 0 saturated heterocycles. The average Bonchev–Trinajstić information content (AvgIpc) is 2.39.